The summed E-state index contributed by atoms with van der Waals surface area (Å²) in [6.07, 6.45) is 4.50. The highest BCUT2D eigenvalue weighted by Crippen LogP contribution is 2.24. The number of hydrogen-bond acceptors (Lipinski definition) is 4. The Labute approximate surface area is 137 Å². The molecule has 0 bridgehead atoms. The first-order valence-electron chi connectivity index (χ1n) is 8.33. The van der Waals surface area contributed by atoms with Crippen molar-refractivity contribution in [2.45, 2.75) is 45.1 Å². The molecule has 0 saturated heterocycles. The van der Waals surface area contributed by atoms with E-state index in [1.807, 2.05) is 30.3 Å². The Balaban J connectivity index is 1.89. The minimum atomic E-state index is -0.257. The van der Waals surface area contributed by atoms with E-state index in [1.165, 1.54) is 0 Å². The summed E-state index contributed by atoms with van der Waals surface area (Å²) in [7, 11) is 0. The van der Waals surface area contributed by atoms with E-state index < -0.39 is 0 Å². The molecule has 0 radical (unpaired) electrons. The van der Waals surface area contributed by atoms with Crippen molar-refractivity contribution in [2.75, 3.05) is 19.8 Å². The van der Waals surface area contributed by atoms with E-state index in [1.54, 1.807) is 11.8 Å². The van der Waals surface area contributed by atoms with Gasteiger partial charge in [-0.25, -0.2) is 0 Å². The van der Waals surface area contributed by atoms with Gasteiger partial charge >= 0.3 is 5.97 Å². The number of rotatable bonds is 8. The van der Waals surface area contributed by atoms with Crippen molar-refractivity contribution < 1.29 is 19.1 Å². The zero-order valence-electron chi connectivity index (χ0n) is 13.7. The van der Waals surface area contributed by atoms with Crippen LogP contribution in [0.15, 0.2) is 30.3 Å². The van der Waals surface area contributed by atoms with Crippen LogP contribution in [0.5, 0.6) is 5.75 Å². The fourth-order valence-corrected chi connectivity index (χ4v) is 2.92. The minimum Gasteiger partial charge on any atom is -0.484 e. The van der Waals surface area contributed by atoms with Crippen molar-refractivity contribution in [1.82, 2.24) is 4.90 Å². The van der Waals surface area contributed by atoms with Crippen LogP contribution in [0.3, 0.4) is 0 Å². The third-order valence-corrected chi connectivity index (χ3v) is 4.05. The second kappa shape index (κ2) is 9.18. The molecule has 0 N–H and O–H groups in total. The average molecular weight is 319 g/mol. The summed E-state index contributed by atoms with van der Waals surface area (Å²) in [5.74, 6) is 0.356. The van der Waals surface area contributed by atoms with Crippen molar-refractivity contribution in [3.63, 3.8) is 0 Å². The zero-order chi connectivity index (χ0) is 16.5. The average Bonchev–Trinajstić information content (AvgIpc) is 3.08. The van der Waals surface area contributed by atoms with Crippen LogP contribution in [-0.4, -0.2) is 42.6 Å². The fourth-order valence-electron chi connectivity index (χ4n) is 2.92. The molecule has 1 aliphatic carbocycles. The van der Waals surface area contributed by atoms with Gasteiger partial charge in [-0.3, -0.25) is 9.59 Å². The van der Waals surface area contributed by atoms with Gasteiger partial charge in [0.1, 0.15) is 5.75 Å². The van der Waals surface area contributed by atoms with Crippen molar-refractivity contribution in [1.29, 1.82) is 0 Å². The number of carbonyl (C=O) groups excluding carboxylic acids is 2. The number of carbonyl (C=O) groups is 2. The molecule has 1 amide bonds. The number of para-hydroxylation sites is 1. The number of amides is 1. The number of hydrogen-bond donors (Lipinski definition) is 0. The van der Waals surface area contributed by atoms with Crippen LogP contribution in [0.1, 0.15) is 39.0 Å². The van der Waals surface area contributed by atoms with E-state index in [0.717, 1.165) is 25.7 Å². The molecule has 0 unspecified atom stereocenters. The number of nitrogens with zero attached hydrogens (tertiary/aromatic N) is 1. The maximum atomic E-state index is 12.5. The molecule has 1 aromatic rings. The molecular formula is C18H25NO4. The minimum absolute atomic E-state index is 0.00331. The molecule has 0 aromatic heterocycles. The molecule has 0 heterocycles. The number of esters is 1. The summed E-state index contributed by atoms with van der Waals surface area (Å²) in [6, 6.07) is 9.51. The van der Waals surface area contributed by atoms with E-state index in [2.05, 4.69) is 0 Å². The normalized spacial score (nSPS) is 14.5. The summed E-state index contributed by atoms with van der Waals surface area (Å²) in [4.78, 5) is 25.9. The molecule has 5 nitrogen and oxygen atoms in total. The standard InChI is InChI=1S/C18H25NO4/c1-2-22-18(21)12-13-19(15-8-6-7-9-15)17(20)14-23-16-10-4-3-5-11-16/h3-5,10-11,15H,2,6-9,12-14H2,1H3. The quantitative estimate of drug-likeness (QED) is 0.691. The van der Waals surface area contributed by atoms with Crippen molar-refractivity contribution >= 4 is 11.9 Å². The Morgan fingerprint density at radius 2 is 1.87 bits per heavy atom. The van der Waals surface area contributed by atoms with Crippen molar-refractivity contribution in [3.05, 3.63) is 30.3 Å². The highest BCUT2D eigenvalue weighted by atomic mass is 16.5. The van der Waals surface area contributed by atoms with Crippen LogP contribution >= 0.6 is 0 Å². The van der Waals surface area contributed by atoms with Gasteiger partial charge in [0.2, 0.25) is 0 Å². The summed E-state index contributed by atoms with van der Waals surface area (Å²) in [5, 5.41) is 0. The molecule has 1 aromatic carbocycles. The highest BCUT2D eigenvalue weighted by molar-refractivity contribution is 5.79. The topological polar surface area (TPSA) is 55.8 Å². The number of benzene rings is 1. The van der Waals surface area contributed by atoms with Gasteiger partial charge in [0.15, 0.2) is 6.61 Å². The van der Waals surface area contributed by atoms with Gasteiger partial charge in [-0.2, -0.15) is 0 Å². The van der Waals surface area contributed by atoms with Gasteiger partial charge in [0.05, 0.1) is 13.0 Å². The molecule has 126 valence electrons. The van der Waals surface area contributed by atoms with Gasteiger partial charge in [-0.15, -0.1) is 0 Å². The van der Waals surface area contributed by atoms with E-state index in [9.17, 15) is 9.59 Å². The predicted octanol–water partition coefficient (Wildman–Crippen LogP) is 2.79. The first-order valence-corrected chi connectivity index (χ1v) is 8.33. The van der Waals surface area contributed by atoms with Crippen LogP contribution in [0.4, 0.5) is 0 Å². The van der Waals surface area contributed by atoms with E-state index in [-0.39, 0.29) is 30.9 Å². The lowest BCUT2D eigenvalue weighted by Crippen LogP contribution is -2.42. The largest absolute Gasteiger partial charge is 0.484 e. The Morgan fingerprint density at radius 1 is 1.17 bits per heavy atom. The van der Waals surface area contributed by atoms with Gasteiger partial charge in [0.25, 0.3) is 5.91 Å². The maximum absolute atomic E-state index is 12.5. The second-order valence-electron chi connectivity index (χ2n) is 5.68. The van der Waals surface area contributed by atoms with Crippen molar-refractivity contribution in [2.24, 2.45) is 0 Å². The Morgan fingerprint density at radius 3 is 2.52 bits per heavy atom. The molecule has 1 saturated carbocycles. The van der Waals surface area contributed by atoms with E-state index in [0.29, 0.717) is 18.9 Å². The van der Waals surface area contributed by atoms with Gasteiger partial charge in [0, 0.05) is 12.6 Å². The third kappa shape index (κ3) is 5.58. The molecule has 23 heavy (non-hydrogen) atoms. The molecule has 5 heteroatoms. The Bertz CT molecular complexity index is 497. The van der Waals surface area contributed by atoms with Crippen LogP contribution < -0.4 is 4.74 Å². The second-order valence-corrected chi connectivity index (χ2v) is 5.68. The molecule has 1 aliphatic rings. The maximum Gasteiger partial charge on any atom is 0.307 e. The lowest BCUT2D eigenvalue weighted by atomic mass is 10.2. The zero-order valence-corrected chi connectivity index (χ0v) is 13.7. The van der Waals surface area contributed by atoms with Crippen LogP contribution in [-0.2, 0) is 14.3 Å². The van der Waals surface area contributed by atoms with Gasteiger partial charge in [-0.05, 0) is 31.9 Å². The van der Waals surface area contributed by atoms with Gasteiger partial charge < -0.3 is 14.4 Å². The summed E-state index contributed by atoms with van der Waals surface area (Å²) in [5.41, 5.74) is 0. The smallest absolute Gasteiger partial charge is 0.307 e. The molecular weight excluding hydrogens is 294 g/mol. The predicted molar refractivity (Wildman–Crippen MR) is 87.2 cm³/mol. The SMILES string of the molecule is CCOC(=O)CCN(C(=O)COc1ccccc1)C1CCCC1. The summed E-state index contributed by atoms with van der Waals surface area (Å²) < 4.78 is 10.5. The monoisotopic (exact) mass is 319 g/mol. The fraction of sp³-hybridized carbons (Fsp3) is 0.556. The summed E-state index contributed by atoms with van der Waals surface area (Å²) >= 11 is 0. The summed E-state index contributed by atoms with van der Waals surface area (Å²) in [6.45, 7) is 2.56. The third-order valence-electron chi connectivity index (χ3n) is 4.05. The first kappa shape index (κ1) is 17.3. The molecule has 2 rings (SSSR count). The molecule has 0 spiro atoms. The first-order chi connectivity index (χ1) is 11.2. The van der Waals surface area contributed by atoms with Crippen LogP contribution in [0, 0.1) is 0 Å². The number of ether oxygens (including phenoxy) is 2. The molecule has 1 fully saturated rings. The lowest BCUT2D eigenvalue weighted by Gasteiger charge is -2.28. The Hall–Kier alpha value is -2.04. The molecule has 0 aliphatic heterocycles. The van der Waals surface area contributed by atoms with Crippen LogP contribution in [0.25, 0.3) is 0 Å². The highest BCUT2D eigenvalue weighted by Gasteiger charge is 2.27. The van der Waals surface area contributed by atoms with Crippen molar-refractivity contribution in [3.8, 4) is 5.75 Å². The van der Waals surface area contributed by atoms with E-state index >= 15 is 0 Å². The Kier molecular flexibility index (Phi) is 6.91. The molecule has 0 atom stereocenters. The van der Waals surface area contributed by atoms with E-state index in [4.69, 9.17) is 9.47 Å². The van der Waals surface area contributed by atoms with Gasteiger partial charge in [-0.1, -0.05) is 31.0 Å². The lowest BCUT2D eigenvalue weighted by molar-refractivity contribution is -0.144. The van der Waals surface area contributed by atoms with Crippen LogP contribution in [0.2, 0.25) is 0 Å².